The highest BCUT2D eigenvalue weighted by Gasteiger charge is 2.18. The largest absolute Gasteiger partial charge is 0.484 e. The van der Waals surface area contributed by atoms with Crippen molar-refractivity contribution < 1.29 is 17.9 Å². The van der Waals surface area contributed by atoms with E-state index >= 15 is 0 Å². The smallest absolute Gasteiger partial charge is 0.258 e. The number of amides is 1. The van der Waals surface area contributed by atoms with Gasteiger partial charge >= 0.3 is 0 Å². The van der Waals surface area contributed by atoms with Crippen molar-refractivity contribution in [2.45, 2.75) is 35.7 Å². The summed E-state index contributed by atoms with van der Waals surface area (Å²) in [6.45, 7) is 3.54. The molecule has 0 fully saturated rings. The summed E-state index contributed by atoms with van der Waals surface area (Å²) in [6.07, 6.45) is 2.02. The monoisotopic (exact) mass is 484 g/mol. The Kier molecular flexibility index (Phi) is 8.55. The minimum absolute atomic E-state index is 0.129. The fourth-order valence-corrected chi connectivity index (χ4v) is 4.87. The molecular formula is C25H28N2O4S2. The molecule has 0 bridgehead atoms. The molecule has 0 aliphatic heterocycles. The number of carbonyl (C=O) groups excluding carboxylic acids is 1. The molecule has 0 spiro atoms. The fourth-order valence-electron chi connectivity index (χ4n) is 3.23. The zero-order chi connectivity index (χ0) is 23.8. The highest BCUT2D eigenvalue weighted by atomic mass is 32.2. The van der Waals surface area contributed by atoms with Gasteiger partial charge in [0, 0.05) is 10.9 Å². The van der Waals surface area contributed by atoms with E-state index < -0.39 is 10.0 Å². The number of hydrogen-bond acceptors (Lipinski definition) is 5. The average Bonchev–Trinajstić information content (AvgIpc) is 2.83. The second-order valence-corrected chi connectivity index (χ2v) is 10.2. The lowest BCUT2D eigenvalue weighted by Gasteiger charge is -2.16. The summed E-state index contributed by atoms with van der Waals surface area (Å²) in [6, 6.07) is 22.9. The van der Waals surface area contributed by atoms with E-state index in [0.717, 1.165) is 16.0 Å². The molecule has 2 N–H and O–H groups in total. The maximum atomic E-state index is 12.7. The van der Waals surface area contributed by atoms with E-state index in [1.54, 1.807) is 30.8 Å². The van der Waals surface area contributed by atoms with Gasteiger partial charge in [-0.2, -0.15) is 0 Å². The van der Waals surface area contributed by atoms with Crippen LogP contribution in [0.3, 0.4) is 0 Å². The van der Waals surface area contributed by atoms with Crippen LogP contribution in [0.15, 0.2) is 88.7 Å². The van der Waals surface area contributed by atoms with Crippen molar-refractivity contribution in [1.82, 2.24) is 10.0 Å². The Bertz CT molecular complexity index is 1150. The number of rotatable bonds is 10. The van der Waals surface area contributed by atoms with Gasteiger partial charge in [-0.05, 0) is 67.6 Å². The molecule has 3 rings (SSSR count). The Morgan fingerprint density at radius 2 is 1.48 bits per heavy atom. The lowest BCUT2D eigenvalue weighted by Crippen LogP contribution is -2.31. The summed E-state index contributed by atoms with van der Waals surface area (Å²) in [5.41, 5.74) is 1.88. The van der Waals surface area contributed by atoms with E-state index in [1.807, 2.05) is 67.8 Å². The lowest BCUT2D eigenvalue weighted by atomic mass is 10.1. The normalized spacial score (nSPS) is 13.2. The van der Waals surface area contributed by atoms with Gasteiger partial charge < -0.3 is 10.1 Å². The van der Waals surface area contributed by atoms with Crippen LogP contribution >= 0.6 is 11.8 Å². The number of ether oxygens (including phenoxy) is 1. The predicted octanol–water partition coefficient (Wildman–Crippen LogP) is 4.70. The second kappa shape index (κ2) is 11.4. The van der Waals surface area contributed by atoms with E-state index in [0.29, 0.717) is 5.75 Å². The Balaban J connectivity index is 1.52. The van der Waals surface area contributed by atoms with Crippen molar-refractivity contribution in [1.29, 1.82) is 0 Å². The molecular weight excluding hydrogens is 456 g/mol. The van der Waals surface area contributed by atoms with E-state index in [9.17, 15) is 13.2 Å². The number of carbonyl (C=O) groups is 1. The standard InChI is InChI=1S/C25H28N2O4S2/c1-18(21-9-13-23(32-3)14-10-21)26-25(28)17-31-22-11-15-24(16-12-22)33(29,30)27-19(2)20-7-5-4-6-8-20/h4-16,18-19,27H,17H2,1-3H3,(H,26,28)/t18-,19-/m0/s1. The van der Waals surface area contributed by atoms with Crippen LogP contribution in [0.2, 0.25) is 0 Å². The predicted molar refractivity (Wildman–Crippen MR) is 132 cm³/mol. The van der Waals surface area contributed by atoms with Crippen LogP contribution < -0.4 is 14.8 Å². The third-order valence-electron chi connectivity index (χ3n) is 5.13. The lowest BCUT2D eigenvalue weighted by molar-refractivity contribution is -0.123. The van der Waals surface area contributed by atoms with Gasteiger partial charge in [0.1, 0.15) is 5.75 Å². The molecule has 33 heavy (non-hydrogen) atoms. The van der Waals surface area contributed by atoms with Gasteiger partial charge in [-0.25, -0.2) is 13.1 Å². The molecule has 1 amide bonds. The zero-order valence-corrected chi connectivity index (χ0v) is 20.4. The summed E-state index contributed by atoms with van der Waals surface area (Å²) < 4.78 is 33.5. The Labute approximate surface area is 199 Å². The van der Waals surface area contributed by atoms with Crippen LogP contribution in [0.5, 0.6) is 5.75 Å². The van der Waals surface area contributed by atoms with Crippen LogP contribution in [-0.4, -0.2) is 27.2 Å². The summed E-state index contributed by atoms with van der Waals surface area (Å²) in [5.74, 6) is 0.156. The summed E-state index contributed by atoms with van der Waals surface area (Å²) >= 11 is 1.66. The van der Waals surface area contributed by atoms with E-state index in [2.05, 4.69) is 10.0 Å². The molecule has 0 radical (unpaired) electrons. The van der Waals surface area contributed by atoms with Crippen molar-refractivity contribution >= 4 is 27.7 Å². The first-order chi connectivity index (χ1) is 15.8. The van der Waals surface area contributed by atoms with Crippen molar-refractivity contribution in [3.63, 3.8) is 0 Å². The Morgan fingerprint density at radius 1 is 0.879 bits per heavy atom. The third kappa shape index (κ3) is 7.08. The SMILES string of the molecule is CSc1ccc([C@H](C)NC(=O)COc2ccc(S(=O)(=O)N[C@@H](C)c3ccccc3)cc2)cc1. The van der Waals surface area contributed by atoms with Crippen LogP contribution in [-0.2, 0) is 14.8 Å². The van der Waals surface area contributed by atoms with Gasteiger partial charge in [0.25, 0.3) is 5.91 Å². The molecule has 6 nitrogen and oxygen atoms in total. The van der Waals surface area contributed by atoms with Crippen LogP contribution in [0.4, 0.5) is 0 Å². The topological polar surface area (TPSA) is 84.5 Å². The first-order valence-electron chi connectivity index (χ1n) is 10.5. The second-order valence-electron chi connectivity index (χ2n) is 7.58. The fraction of sp³-hybridized carbons (Fsp3) is 0.240. The van der Waals surface area contributed by atoms with Crippen molar-refractivity contribution in [2.75, 3.05) is 12.9 Å². The van der Waals surface area contributed by atoms with Gasteiger partial charge in [0.15, 0.2) is 6.61 Å². The molecule has 0 aliphatic carbocycles. The molecule has 0 aliphatic rings. The summed E-state index contributed by atoms with van der Waals surface area (Å²) in [4.78, 5) is 13.6. The highest BCUT2D eigenvalue weighted by molar-refractivity contribution is 7.98. The van der Waals surface area contributed by atoms with Crippen LogP contribution in [0, 0.1) is 0 Å². The number of sulfonamides is 1. The molecule has 0 heterocycles. The minimum Gasteiger partial charge on any atom is -0.484 e. The van der Waals surface area contributed by atoms with Crippen molar-refractivity contribution in [3.8, 4) is 5.75 Å². The molecule has 174 valence electrons. The van der Waals surface area contributed by atoms with Crippen LogP contribution in [0.1, 0.15) is 37.1 Å². The molecule has 3 aromatic rings. The first-order valence-corrected chi connectivity index (χ1v) is 13.2. The van der Waals surface area contributed by atoms with Crippen molar-refractivity contribution in [3.05, 3.63) is 90.0 Å². The molecule has 8 heteroatoms. The van der Waals surface area contributed by atoms with Gasteiger partial charge in [0.2, 0.25) is 10.0 Å². The minimum atomic E-state index is -3.69. The Morgan fingerprint density at radius 3 is 2.09 bits per heavy atom. The molecule has 3 aromatic carbocycles. The molecule has 0 saturated heterocycles. The summed E-state index contributed by atoms with van der Waals surface area (Å²) in [5, 5.41) is 2.90. The van der Waals surface area contributed by atoms with Crippen LogP contribution in [0.25, 0.3) is 0 Å². The van der Waals surface area contributed by atoms with E-state index in [1.165, 1.54) is 12.1 Å². The first kappa shape index (κ1) is 24.8. The molecule has 0 unspecified atom stereocenters. The molecule has 0 saturated carbocycles. The third-order valence-corrected chi connectivity index (χ3v) is 7.43. The zero-order valence-electron chi connectivity index (χ0n) is 18.8. The number of nitrogens with one attached hydrogen (secondary N) is 2. The molecule has 0 aromatic heterocycles. The molecule has 2 atom stereocenters. The van der Waals surface area contributed by atoms with Gasteiger partial charge in [-0.1, -0.05) is 42.5 Å². The quantitative estimate of drug-likeness (QED) is 0.407. The maximum absolute atomic E-state index is 12.7. The maximum Gasteiger partial charge on any atom is 0.258 e. The van der Waals surface area contributed by atoms with Gasteiger partial charge in [-0.15, -0.1) is 11.8 Å². The number of thioether (sulfide) groups is 1. The number of benzene rings is 3. The average molecular weight is 485 g/mol. The number of hydrogen-bond donors (Lipinski definition) is 2. The van der Waals surface area contributed by atoms with Gasteiger partial charge in [-0.3, -0.25) is 4.79 Å². The Hall–Kier alpha value is -2.81. The van der Waals surface area contributed by atoms with Crippen molar-refractivity contribution in [2.24, 2.45) is 0 Å². The van der Waals surface area contributed by atoms with Gasteiger partial charge in [0.05, 0.1) is 10.9 Å². The van der Waals surface area contributed by atoms with E-state index in [4.69, 9.17) is 4.74 Å². The highest BCUT2D eigenvalue weighted by Crippen LogP contribution is 2.21. The summed E-state index contributed by atoms with van der Waals surface area (Å²) in [7, 11) is -3.69. The van der Waals surface area contributed by atoms with E-state index in [-0.39, 0.29) is 29.5 Å².